The number of aryl methyl sites for hydroxylation is 1. The Hall–Kier alpha value is -3.04. The first-order valence-electron chi connectivity index (χ1n) is 11.4. The first-order chi connectivity index (χ1) is 16.3. The molecule has 6 rings (SSSR count). The first kappa shape index (κ1) is 21.5. The second-order valence-electron chi connectivity index (χ2n) is 9.25. The molecular weight excluding hydrogens is 468 g/mol. The van der Waals surface area contributed by atoms with Crippen molar-refractivity contribution in [3.63, 3.8) is 0 Å². The maximum atomic E-state index is 13.0. The lowest BCUT2D eigenvalue weighted by atomic mass is 10.2. The molecule has 2 aromatic heterocycles. The molecule has 7 nitrogen and oxygen atoms in total. The zero-order valence-corrected chi connectivity index (χ0v) is 20.3. The normalized spacial score (nSPS) is 19.5. The molecular formula is C25H24N4O3S2. The summed E-state index contributed by atoms with van der Waals surface area (Å²) in [5.41, 5.74) is 5.18. The Morgan fingerprint density at radius 3 is 2.59 bits per heavy atom. The molecule has 1 aliphatic carbocycles. The van der Waals surface area contributed by atoms with Gasteiger partial charge in [-0.3, -0.25) is 9.48 Å². The maximum absolute atomic E-state index is 13.0. The van der Waals surface area contributed by atoms with Crippen molar-refractivity contribution in [2.45, 2.75) is 38.1 Å². The molecule has 3 heterocycles. The van der Waals surface area contributed by atoms with Gasteiger partial charge in [-0.2, -0.15) is 5.10 Å². The number of fused-ring (bicyclic) bond motifs is 1. The van der Waals surface area contributed by atoms with Crippen molar-refractivity contribution in [2.24, 2.45) is 0 Å². The molecule has 174 valence electrons. The van der Waals surface area contributed by atoms with Crippen molar-refractivity contribution < 1.29 is 13.2 Å². The van der Waals surface area contributed by atoms with Gasteiger partial charge in [-0.15, -0.1) is 11.3 Å². The Balaban J connectivity index is 1.21. The molecule has 1 amide bonds. The zero-order valence-electron chi connectivity index (χ0n) is 18.7. The van der Waals surface area contributed by atoms with Gasteiger partial charge in [0.05, 0.1) is 27.8 Å². The number of carbonyl (C=O) groups is 1. The second-order valence-corrected chi connectivity index (χ2v) is 12.5. The van der Waals surface area contributed by atoms with E-state index in [0.717, 1.165) is 39.3 Å². The van der Waals surface area contributed by atoms with Crippen molar-refractivity contribution >= 4 is 43.0 Å². The Labute approximate surface area is 201 Å². The van der Waals surface area contributed by atoms with E-state index in [4.69, 9.17) is 4.98 Å². The minimum atomic E-state index is -3.03. The third kappa shape index (κ3) is 4.14. The van der Waals surface area contributed by atoms with E-state index < -0.39 is 9.84 Å². The molecule has 1 N–H and O–H groups in total. The van der Waals surface area contributed by atoms with Gasteiger partial charge in [0.15, 0.2) is 15.5 Å². The number of benzene rings is 2. The fourth-order valence-corrected chi connectivity index (χ4v) is 7.27. The van der Waals surface area contributed by atoms with Crippen LogP contribution in [0.1, 0.15) is 53.0 Å². The number of carbonyl (C=O) groups excluding carboxylic acids is 1. The minimum Gasteiger partial charge on any atom is -0.321 e. The van der Waals surface area contributed by atoms with Crippen LogP contribution in [0.3, 0.4) is 0 Å². The molecule has 1 aliphatic heterocycles. The summed E-state index contributed by atoms with van der Waals surface area (Å²) in [5.74, 6) is 0.366. The van der Waals surface area contributed by atoms with E-state index in [1.807, 2.05) is 36.4 Å². The van der Waals surface area contributed by atoms with Gasteiger partial charge in [-0.05, 0) is 74.2 Å². The molecule has 9 heteroatoms. The minimum absolute atomic E-state index is 0.0995. The number of aromatic nitrogens is 3. The molecule has 2 fully saturated rings. The van der Waals surface area contributed by atoms with Crippen molar-refractivity contribution in [2.75, 3.05) is 16.8 Å². The van der Waals surface area contributed by atoms with E-state index in [2.05, 4.69) is 29.5 Å². The Kier molecular flexibility index (Phi) is 5.07. The highest BCUT2D eigenvalue weighted by molar-refractivity contribution is 7.91. The Morgan fingerprint density at radius 2 is 1.88 bits per heavy atom. The van der Waals surface area contributed by atoms with Crippen LogP contribution < -0.4 is 5.32 Å². The van der Waals surface area contributed by atoms with Gasteiger partial charge < -0.3 is 5.32 Å². The van der Waals surface area contributed by atoms with E-state index in [1.165, 1.54) is 5.56 Å². The summed E-state index contributed by atoms with van der Waals surface area (Å²) in [7, 11) is -3.03. The molecule has 4 aromatic rings. The third-order valence-electron chi connectivity index (χ3n) is 6.48. The molecule has 1 saturated carbocycles. The SMILES string of the molecule is Cc1ccc2nc(-c3ccc(NC(=O)c4cc(C5CC5)n(C5CCS(=O)(=O)C5)n4)cc3)sc2c1. The monoisotopic (exact) mass is 492 g/mol. The summed E-state index contributed by atoms with van der Waals surface area (Å²) in [4.78, 5) is 17.7. The maximum Gasteiger partial charge on any atom is 0.276 e. The molecule has 34 heavy (non-hydrogen) atoms. The lowest BCUT2D eigenvalue weighted by Gasteiger charge is -2.12. The molecule has 0 spiro atoms. The van der Waals surface area contributed by atoms with E-state index >= 15 is 0 Å². The van der Waals surface area contributed by atoms with Gasteiger partial charge in [0.1, 0.15) is 5.01 Å². The number of sulfone groups is 1. The van der Waals surface area contributed by atoms with Crippen molar-refractivity contribution in [3.8, 4) is 10.6 Å². The first-order valence-corrected chi connectivity index (χ1v) is 14.1. The van der Waals surface area contributed by atoms with Gasteiger partial charge in [0, 0.05) is 22.9 Å². The fraction of sp³-hybridized carbons (Fsp3) is 0.320. The number of anilines is 1. The molecule has 2 aliphatic rings. The molecule has 0 radical (unpaired) electrons. The van der Waals surface area contributed by atoms with Crippen LogP contribution in [0.25, 0.3) is 20.8 Å². The van der Waals surface area contributed by atoms with Gasteiger partial charge >= 0.3 is 0 Å². The average Bonchev–Trinajstić information content (AvgIpc) is 3.24. The smallest absolute Gasteiger partial charge is 0.276 e. The predicted molar refractivity (Wildman–Crippen MR) is 134 cm³/mol. The number of amides is 1. The number of nitrogens with one attached hydrogen (secondary N) is 1. The zero-order chi connectivity index (χ0) is 23.4. The van der Waals surface area contributed by atoms with Crippen molar-refractivity contribution in [1.29, 1.82) is 0 Å². The van der Waals surface area contributed by atoms with Crippen LogP contribution in [0, 0.1) is 6.92 Å². The van der Waals surface area contributed by atoms with Crippen LogP contribution in [-0.2, 0) is 9.84 Å². The van der Waals surface area contributed by atoms with E-state index in [1.54, 1.807) is 16.0 Å². The number of nitrogens with zero attached hydrogens (tertiary/aromatic N) is 3. The standard InChI is InChI=1S/C25H24N4O3S2/c1-15-2-9-20-23(12-15)33-25(27-20)17-5-7-18(8-6-17)26-24(30)21-13-22(16-3-4-16)29(28-21)19-10-11-34(31,32)14-19/h2,5-9,12-13,16,19H,3-4,10-11,14H2,1H3,(H,26,30). The molecule has 0 bridgehead atoms. The van der Waals surface area contributed by atoms with Gasteiger partial charge in [0.25, 0.3) is 5.91 Å². The summed E-state index contributed by atoms with van der Waals surface area (Å²) >= 11 is 1.65. The van der Waals surface area contributed by atoms with Crippen LogP contribution in [-0.4, -0.2) is 40.6 Å². The van der Waals surface area contributed by atoms with Crippen molar-refractivity contribution in [1.82, 2.24) is 14.8 Å². The van der Waals surface area contributed by atoms with Gasteiger partial charge in [0.2, 0.25) is 0 Å². The fourth-order valence-electron chi connectivity index (χ4n) is 4.51. The molecule has 1 atom stereocenters. The quantitative estimate of drug-likeness (QED) is 0.425. The van der Waals surface area contributed by atoms with Gasteiger partial charge in [-0.25, -0.2) is 13.4 Å². The van der Waals surface area contributed by atoms with E-state index in [-0.39, 0.29) is 23.5 Å². The largest absolute Gasteiger partial charge is 0.321 e. The van der Waals surface area contributed by atoms with Crippen LogP contribution in [0.4, 0.5) is 5.69 Å². The molecule has 1 saturated heterocycles. The number of hydrogen-bond acceptors (Lipinski definition) is 6. The summed E-state index contributed by atoms with van der Waals surface area (Å²) in [5, 5.41) is 8.41. The topological polar surface area (TPSA) is 94.0 Å². The van der Waals surface area contributed by atoms with E-state index in [0.29, 0.717) is 23.7 Å². The lowest BCUT2D eigenvalue weighted by molar-refractivity contribution is 0.102. The van der Waals surface area contributed by atoms with E-state index in [9.17, 15) is 13.2 Å². The van der Waals surface area contributed by atoms with Crippen LogP contribution in [0.15, 0.2) is 48.5 Å². The third-order valence-corrected chi connectivity index (χ3v) is 9.30. The number of rotatable bonds is 5. The summed E-state index contributed by atoms with van der Waals surface area (Å²) in [6.45, 7) is 2.07. The Morgan fingerprint density at radius 1 is 1.09 bits per heavy atom. The summed E-state index contributed by atoms with van der Waals surface area (Å²) in [6.07, 6.45) is 2.66. The highest BCUT2D eigenvalue weighted by Crippen LogP contribution is 2.42. The lowest BCUT2D eigenvalue weighted by Crippen LogP contribution is -2.17. The molecule has 2 aromatic carbocycles. The average molecular weight is 493 g/mol. The highest BCUT2D eigenvalue weighted by atomic mass is 32.2. The highest BCUT2D eigenvalue weighted by Gasteiger charge is 2.36. The molecule has 1 unspecified atom stereocenters. The second kappa shape index (κ2) is 8.02. The summed E-state index contributed by atoms with van der Waals surface area (Å²) < 4.78 is 26.9. The van der Waals surface area contributed by atoms with Gasteiger partial charge in [-0.1, -0.05) is 6.07 Å². The summed E-state index contributed by atoms with van der Waals surface area (Å²) in [6, 6.07) is 15.5. The predicted octanol–water partition coefficient (Wildman–Crippen LogP) is 4.96. The van der Waals surface area contributed by atoms with Crippen LogP contribution in [0.2, 0.25) is 0 Å². The Bertz CT molecular complexity index is 1520. The van der Waals surface area contributed by atoms with Crippen LogP contribution >= 0.6 is 11.3 Å². The van der Waals surface area contributed by atoms with Crippen LogP contribution in [0.5, 0.6) is 0 Å². The van der Waals surface area contributed by atoms with Crippen molar-refractivity contribution in [3.05, 3.63) is 65.5 Å². The number of thiazole rings is 1. The number of hydrogen-bond donors (Lipinski definition) is 1.